The van der Waals surface area contributed by atoms with Crippen LogP contribution in [0.3, 0.4) is 0 Å². The van der Waals surface area contributed by atoms with E-state index in [1.807, 2.05) is 25.9 Å². The summed E-state index contributed by atoms with van der Waals surface area (Å²) in [6.07, 6.45) is 2.34. The summed E-state index contributed by atoms with van der Waals surface area (Å²) in [5, 5.41) is 6.38. The van der Waals surface area contributed by atoms with E-state index in [0.29, 0.717) is 0 Å². The molecule has 0 amide bonds. The van der Waals surface area contributed by atoms with Crippen LogP contribution in [-0.4, -0.2) is 43.6 Å². The molecule has 15 heavy (non-hydrogen) atoms. The molecule has 0 fully saturated rings. The molecular weight excluding hydrogens is 190 g/mol. The lowest BCUT2D eigenvalue weighted by Crippen LogP contribution is -2.50. The zero-order valence-corrected chi connectivity index (χ0v) is 10.0. The first kappa shape index (κ1) is 11.8. The second-order valence-corrected chi connectivity index (χ2v) is 3.63. The normalized spacial score (nSPS) is 20.8. The minimum atomic E-state index is -0.00669. The molecule has 2 N–H and O–H groups in total. The van der Waals surface area contributed by atoms with Gasteiger partial charge in [-0.05, 0) is 13.3 Å². The molecule has 0 aliphatic carbocycles. The van der Waals surface area contributed by atoms with Crippen molar-refractivity contribution in [1.29, 1.82) is 0 Å². The highest BCUT2D eigenvalue weighted by atomic mass is 15.4. The van der Waals surface area contributed by atoms with Crippen molar-refractivity contribution < 1.29 is 0 Å². The molecule has 1 heterocycles. The molecular formula is C10H21N5. The third-order valence-electron chi connectivity index (χ3n) is 2.29. The van der Waals surface area contributed by atoms with Crippen LogP contribution in [0.2, 0.25) is 0 Å². The molecule has 0 spiro atoms. The van der Waals surface area contributed by atoms with Crippen molar-refractivity contribution in [1.82, 2.24) is 15.5 Å². The van der Waals surface area contributed by atoms with Crippen molar-refractivity contribution in [2.45, 2.75) is 32.9 Å². The Hall–Kier alpha value is -1.26. The molecule has 5 nitrogen and oxygen atoms in total. The number of unbranched alkanes of at least 4 members (excludes halogenated alkanes) is 1. The molecule has 1 atom stereocenters. The summed E-state index contributed by atoms with van der Waals surface area (Å²) in [6.45, 7) is 5.12. The molecule has 86 valence electrons. The predicted molar refractivity (Wildman–Crippen MR) is 64.1 cm³/mol. The van der Waals surface area contributed by atoms with Crippen molar-refractivity contribution in [3.05, 3.63) is 0 Å². The van der Waals surface area contributed by atoms with Gasteiger partial charge in [0.05, 0.1) is 0 Å². The smallest absolute Gasteiger partial charge is 0.202 e. The van der Waals surface area contributed by atoms with Gasteiger partial charge >= 0.3 is 0 Å². The number of nitrogens with one attached hydrogen (secondary N) is 2. The van der Waals surface area contributed by atoms with E-state index in [0.717, 1.165) is 24.9 Å². The van der Waals surface area contributed by atoms with Crippen molar-refractivity contribution in [3.63, 3.8) is 0 Å². The molecule has 1 unspecified atom stereocenters. The fourth-order valence-electron chi connectivity index (χ4n) is 1.43. The van der Waals surface area contributed by atoms with Crippen LogP contribution in [0.15, 0.2) is 9.98 Å². The van der Waals surface area contributed by atoms with E-state index in [1.165, 1.54) is 6.42 Å². The van der Waals surface area contributed by atoms with Gasteiger partial charge in [0.2, 0.25) is 11.9 Å². The highest BCUT2D eigenvalue weighted by Crippen LogP contribution is 2.03. The number of guanidine groups is 2. The van der Waals surface area contributed by atoms with Gasteiger partial charge in [0.1, 0.15) is 6.17 Å². The van der Waals surface area contributed by atoms with Crippen molar-refractivity contribution in [2.24, 2.45) is 9.98 Å². The summed E-state index contributed by atoms with van der Waals surface area (Å²) < 4.78 is 0. The van der Waals surface area contributed by atoms with Gasteiger partial charge < -0.3 is 10.6 Å². The Morgan fingerprint density at radius 2 is 2.00 bits per heavy atom. The van der Waals surface area contributed by atoms with Crippen LogP contribution in [0, 0.1) is 0 Å². The molecule has 1 aliphatic rings. The number of nitrogens with zero attached hydrogens (tertiary/aromatic N) is 3. The Morgan fingerprint density at radius 3 is 2.60 bits per heavy atom. The topological polar surface area (TPSA) is 52.0 Å². The molecule has 0 bridgehead atoms. The molecule has 0 aromatic carbocycles. The van der Waals surface area contributed by atoms with Crippen LogP contribution in [0.5, 0.6) is 0 Å². The number of hydrogen-bond donors (Lipinski definition) is 2. The van der Waals surface area contributed by atoms with E-state index in [4.69, 9.17) is 0 Å². The maximum atomic E-state index is 4.44. The Kier molecular flexibility index (Phi) is 4.39. The third-order valence-corrected chi connectivity index (χ3v) is 2.29. The lowest BCUT2D eigenvalue weighted by Gasteiger charge is -2.28. The number of aliphatic imine (C=N–C) groups is 2. The van der Waals surface area contributed by atoms with Gasteiger partial charge in [0, 0.05) is 20.6 Å². The molecule has 1 aliphatic heterocycles. The van der Waals surface area contributed by atoms with Crippen molar-refractivity contribution in [2.75, 3.05) is 20.6 Å². The quantitative estimate of drug-likeness (QED) is 0.672. The largest absolute Gasteiger partial charge is 0.359 e. The van der Waals surface area contributed by atoms with Crippen LogP contribution in [0.25, 0.3) is 0 Å². The van der Waals surface area contributed by atoms with Crippen LogP contribution >= 0.6 is 0 Å². The summed E-state index contributed by atoms with van der Waals surface area (Å²) in [5.74, 6) is 1.76. The Morgan fingerprint density at radius 1 is 1.33 bits per heavy atom. The van der Waals surface area contributed by atoms with E-state index in [9.17, 15) is 0 Å². The number of hydrogen-bond acceptors (Lipinski definition) is 5. The van der Waals surface area contributed by atoms with Gasteiger partial charge in [-0.2, -0.15) is 0 Å². The monoisotopic (exact) mass is 211 g/mol. The molecule has 0 radical (unpaired) electrons. The Bertz CT molecular complexity index is 259. The highest BCUT2D eigenvalue weighted by molar-refractivity contribution is 5.99. The lowest BCUT2D eigenvalue weighted by molar-refractivity contribution is 0.590. The Balaban J connectivity index is 2.56. The first-order valence-corrected chi connectivity index (χ1v) is 5.50. The second kappa shape index (κ2) is 5.58. The zero-order chi connectivity index (χ0) is 11.3. The van der Waals surface area contributed by atoms with Gasteiger partial charge in [-0.15, -0.1) is 0 Å². The SMILES string of the molecule is CCCCNC1=NC(C)N=C(NC)N1C. The van der Waals surface area contributed by atoms with E-state index in [2.05, 4.69) is 27.5 Å². The second-order valence-electron chi connectivity index (χ2n) is 3.63. The summed E-state index contributed by atoms with van der Waals surface area (Å²) in [5.41, 5.74) is 0. The molecule has 1 rings (SSSR count). The first-order chi connectivity index (χ1) is 7.19. The molecule has 0 aromatic rings. The maximum absolute atomic E-state index is 4.44. The summed E-state index contributed by atoms with van der Waals surface area (Å²) in [7, 11) is 3.83. The average molecular weight is 211 g/mol. The maximum Gasteiger partial charge on any atom is 0.202 e. The first-order valence-electron chi connectivity index (χ1n) is 5.50. The Labute approximate surface area is 91.7 Å². The standard InChI is InChI=1S/C10H21N5/c1-5-6-7-12-10-14-8(2)13-9(11-3)15(10)4/h8H,5-7H2,1-4H3,(H,11,13)(H,12,14). The summed E-state index contributed by atoms with van der Waals surface area (Å²) >= 11 is 0. The van der Waals surface area contributed by atoms with Gasteiger partial charge in [-0.3, -0.25) is 4.90 Å². The molecule has 0 aromatic heterocycles. The molecule has 0 saturated heterocycles. The van der Waals surface area contributed by atoms with Gasteiger partial charge in [-0.1, -0.05) is 13.3 Å². The minimum Gasteiger partial charge on any atom is -0.359 e. The van der Waals surface area contributed by atoms with Crippen LogP contribution in [0.1, 0.15) is 26.7 Å². The zero-order valence-electron chi connectivity index (χ0n) is 10.0. The number of rotatable bonds is 3. The van der Waals surface area contributed by atoms with E-state index in [1.54, 1.807) is 0 Å². The van der Waals surface area contributed by atoms with Crippen LogP contribution in [-0.2, 0) is 0 Å². The molecule has 0 saturated carbocycles. The third kappa shape index (κ3) is 3.11. The van der Waals surface area contributed by atoms with E-state index >= 15 is 0 Å². The predicted octanol–water partition coefficient (Wildman–Crippen LogP) is 0.599. The summed E-state index contributed by atoms with van der Waals surface area (Å²) in [6, 6.07) is 0. The minimum absolute atomic E-state index is 0.00669. The molecule has 5 heteroatoms. The van der Waals surface area contributed by atoms with Crippen LogP contribution < -0.4 is 10.6 Å². The van der Waals surface area contributed by atoms with Crippen molar-refractivity contribution >= 4 is 11.9 Å². The highest BCUT2D eigenvalue weighted by Gasteiger charge is 2.17. The van der Waals surface area contributed by atoms with Crippen LogP contribution in [0.4, 0.5) is 0 Å². The van der Waals surface area contributed by atoms with Crippen molar-refractivity contribution in [3.8, 4) is 0 Å². The van der Waals surface area contributed by atoms with Gasteiger partial charge in [-0.25, -0.2) is 9.98 Å². The fraction of sp³-hybridized carbons (Fsp3) is 0.800. The summed E-state index contributed by atoms with van der Waals surface area (Å²) in [4.78, 5) is 10.7. The van der Waals surface area contributed by atoms with Gasteiger partial charge in [0.25, 0.3) is 0 Å². The van der Waals surface area contributed by atoms with E-state index < -0.39 is 0 Å². The van der Waals surface area contributed by atoms with E-state index in [-0.39, 0.29) is 6.17 Å². The van der Waals surface area contributed by atoms with Gasteiger partial charge in [0.15, 0.2) is 0 Å². The average Bonchev–Trinajstić information content (AvgIpc) is 2.23. The fourth-order valence-corrected chi connectivity index (χ4v) is 1.43. The lowest BCUT2D eigenvalue weighted by atomic mass is 10.3.